The Morgan fingerprint density at radius 3 is 2.67 bits per heavy atom. The molecule has 1 saturated heterocycles. The van der Waals surface area contributed by atoms with Gasteiger partial charge in [0.05, 0.1) is 0 Å². The Morgan fingerprint density at radius 1 is 1.38 bits per heavy atom. The van der Waals surface area contributed by atoms with Crippen molar-refractivity contribution in [2.45, 2.75) is 26.3 Å². The Hall–Kier alpha value is -2.08. The molecule has 2 rings (SSSR count). The van der Waals surface area contributed by atoms with Crippen molar-refractivity contribution >= 4 is 35.1 Å². The van der Waals surface area contributed by atoms with Crippen LogP contribution in [0.2, 0.25) is 5.02 Å². The van der Waals surface area contributed by atoms with Crippen LogP contribution in [0.4, 0.5) is 10.5 Å². The van der Waals surface area contributed by atoms with Crippen LogP contribution in [-0.4, -0.2) is 34.8 Å². The van der Waals surface area contributed by atoms with Gasteiger partial charge in [0.1, 0.15) is 12.1 Å². The van der Waals surface area contributed by atoms with E-state index < -0.39 is 23.4 Å². The smallest absolute Gasteiger partial charge is 0.308 e. The highest BCUT2D eigenvalue weighted by molar-refractivity contribution is 6.31. The fourth-order valence-corrected chi connectivity index (χ4v) is 2.15. The zero-order valence-electron chi connectivity index (χ0n) is 12.0. The number of nitrogens with one attached hydrogen (secondary N) is 2. The van der Waals surface area contributed by atoms with Crippen molar-refractivity contribution in [2.24, 2.45) is 0 Å². The molecule has 1 aliphatic rings. The number of amides is 4. The SMILES string of the molecule is Cc1ccc(NC(=O)N2CC(=O)NC(=O)C2(C)C)cc1Cl. The second-order valence-corrected chi connectivity index (χ2v) is 5.82. The van der Waals surface area contributed by atoms with Gasteiger partial charge < -0.3 is 10.2 Å². The molecule has 0 atom stereocenters. The number of carbonyl (C=O) groups excluding carboxylic acids is 3. The van der Waals surface area contributed by atoms with Crippen LogP contribution in [0.3, 0.4) is 0 Å². The van der Waals surface area contributed by atoms with Gasteiger partial charge in [-0.2, -0.15) is 0 Å². The normalized spacial score (nSPS) is 17.4. The molecular formula is C14H16ClN3O3. The van der Waals surface area contributed by atoms with E-state index in [-0.39, 0.29) is 6.54 Å². The quantitative estimate of drug-likeness (QED) is 0.778. The summed E-state index contributed by atoms with van der Waals surface area (Å²) in [4.78, 5) is 36.8. The van der Waals surface area contributed by atoms with E-state index >= 15 is 0 Å². The maximum absolute atomic E-state index is 12.3. The fourth-order valence-electron chi connectivity index (χ4n) is 1.97. The lowest BCUT2D eigenvalue weighted by Crippen LogP contribution is -2.66. The van der Waals surface area contributed by atoms with Crippen molar-refractivity contribution in [3.63, 3.8) is 0 Å². The summed E-state index contributed by atoms with van der Waals surface area (Å²) >= 11 is 6.00. The number of piperazine rings is 1. The topological polar surface area (TPSA) is 78.5 Å². The molecule has 0 spiro atoms. The average molecular weight is 310 g/mol. The second-order valence-electron chi connectivity index (χ2n) is 5.42. The molecular weight excluding hydrogens is 294 g/mol. The molecule has 1 aliphatic heterocycles. The molecule has 0 aromatic heterocycles. The van der Waals surface area contributed by atoms with Gasteiger partial charge in [0, 0.05) is 10.7 Å². The van der Waals surface area contributed by atoms with Crippen molar-refractivity contribution in [1.29, 1.82) is 0 Å². The number of carbonyl (C=O) groups is 3. The van der Waals surface area contributed by atoms with E-state index in [4.69, 9.17) is 11.6 Å². The Bertz CT molecular complexity index is 628. The first-order valence-electron chi connectivity index (χ1n) is 6.41. The van der Waals surface area contributed by atoms with Crippen LogP contribution in [0, 0.1) is 6.92 Å². The monoisotopic (exact) mass is 309 g/mol. The molecule has 2 N–H and O–H groups in total. The van der Waals surface area contributed by atoms with E-state index in [9.17, 15) is 14.4 Å². The lowest BCUT2D eigenvalue weighted by atomic mass is 9.99. The van der Waals surface area contributed by atoms with Gasteiger partial charge in [0.15, 0.2) is 0 Å². The number of hydrogen-bond acceptors (Lipinski definition) is 3. The molecule has 1 aromatic carbocycles. The van der Waals surface area contributed by atoms with Crippen LogP contribution < -0.4 is 10.6 Å². The Kier molecular flexibility index (Phi) is 3.91. The summed E-state index contributed by atoms with van der Waals surface area (Å²) in [5.74, 6) is -1.01. The summed E-state index contributed by atoms with van der Waals surface area (Å²) in [6.07, 6.45) is 0. The summed E-state index contributed by atoms with van der Waals surface area (Å²) in [7, 11) is 0. The van der Waals surface area contributed by atoms with Gasteiger partial charge in [-0.25, -0.2) is 4.79 Å². The Labute approximate surface area is 127 Å². The van der Waals surface area contributed by atoms with Crippen LogP contribution in [0.5, 0.6) is 0 Å². The molecule has 112 valence electrons. The second kappa shape index (κ2) is 5.37. The summed E-state index contributed by atoms with van der Waals surface area (Å²) in [6, 6.07) is 4.58. The molecule has 1 fully saturated rings. The van der Waals surface area contributed by atoms with Crippen LogP contribution in [0.1, 0.15) is 19.4 Å². The summed E-state index contributed by atoms with van der Waals surface area (Å²) < 4.78 is 0. The minimum absolute atomic E-state index is 0.176. The van der Waals surface area contributed by atoms with Crippen molar-refractivity contribution < 1.29 is 14.4 Å². The lowest BCUT2D eigenvalue weighted by molar-refractivity contribution is -0.142. The van der Waals surface area contributed by atoms with Crippen LogP contribution in [-0.2, 0) is 9.59 Å². The largest absolute Gasteiger partial charge is 0.323 e. The van der Waals surface area contributed by atoms with E-state index in [1.54, 1.807) is 32.0 Å². The van der Waals surface area contributed by atoms with Crippen LogP contribution >= 0.6 is 11.6 Å². The summed E-state index contributed by atoms with van der Waals surface area (Å²) in [5.41, 5.74) is 0.291. The number of hydrogen-bond donors (Lipinski definition) is 2. The first-order valence-corrected chi connectivity index (χ1v) is 6.78. The highest BCUT2D eigenvalue weighted by Gasteiger charge is 2.43. The fraction of sp³-hybridized carbons (Fsp3) is 0.357. The third kappa shape index (κ3) is 3.00. The van der Waals surface area contributed by atoms with E-state index in [2.05, 4.69) is 10.6 Å². The third-order valence-electron chi connectivity index (χ3n) is 3.45. The van der Waals surface area contributed by atoms with Gasteiger partial charge in [0.25, 0.3) is 5.91 Å². The number of benzene rings is 1. The zero-order valence-corrected chi connectivity index (χ0v) is 12.7. The molecule has 7 heteroatoms. The van der Waals surface area contributed by atoms with Gasteiger partial charge in [-0.1, -0.05) is 17.7 Å². The number of imide groups is 1. The average Bonchev–Trinajstić information content (AvgIpc) is 2.38. The number of halogens is 1. The van der Waals surface area contributed by atoms with Crippen molar-refractivity contribution in [1.82, 2.24) is 10.2 Å². The molecule has 21 heavy (non-hydrogen) atoms. The van der Waals surface area contributed by atoms with Gasteiger partial charge >= 0.3 is 6.03 Å². The highest BCUT2D eigenvalue weighted by atomic mass is 35.5. The molecule has 0 aliphatic carbocycles. The van der Waals surface area contributed by atoms with E-state index in [0.717, 1.165) is 5.56 Å². The summed E-state index contributed by atoms with van der Waals surface area (Å²) in [6.45, 7) is 4.84. The number of aryl methyl sites for hydroxylation is 1. The summed E-state index contributed by atoms with van der Waals surface area (Å²) in [5, 5.41) is 5.39. The zero-order chi connectivity index (χ0) is 15.8. The minimum Gasteiger partial charge on any atom is -0.308 e. The van der Waals surface area contributed by atoms with Gasteiger partial charge in [0.2, 0.25) is 5.91 Å². The lowest BCUT2D eigenvalue weighted by Gasteiger charge is -2.39. The molecule has 0 bridgehead atoms. The predicted octanol–water partition coefficient (Wildman–Crippen LogP) is 1.92. The van der Waals surface area contributed by atoms with Gasteiger partial charge in [-0.05, 0) is 38.5 Å². The standard InChI is InChI=1S/C14H16ClN3O3/c1-8-4-5-9(6-10(8)15)16-13(21)18-7-11(19)17-12(20)14(18,2)3/h4-6H,7H2,1-3H3,(H,16,21)(H,17,19,20). The molecule has 1 heterocycles. The van der Waals surface area contributed by atoms with Gasteiger partial charge in [-0.15, -0.1) is 0 Å². The van der Waals surface area contributed by atoms with Crippen molar-refractivity contribution in [2.75, 3.05) is 11.9 Å². The predicted molar refractivity (Wildman–Crippen MR) is 79.1 cm³/mol. The van der Waals surface area contributed by atoms with Crippen LogP contribution in [0.25, 0.3) is 0 Å². The van der Waals surface area contributed by atoms with Crippen LogP contribution in [0.15, 0.2) is 18.2 Å². The maximum atomic E-state index is 12.3. The van der Waals surface area contributed by atoms with Gasteiger partial charge in [-0.3, -0.25) is 14.9 Å². The maximum Gasteiger partial charge on any atom is 0.323 e. The first kappa shape index (κ1) is 15.3. The Balaban J connectivity index is 2.20. The molecule has 6 nitrogen and oxygen atoms in total. The Morgan fingerprint density at radius 2 is 2.05 bits per heavy atom. The van der Waals surface area contributed by atoms with Crippen molar-refractivity contribution in [3.8, 4) is 0 Å². The number of rotatable bonds is 1. The number of anilines is 1. The molecule has 0 unspecified atom stereocenters. The first-order chi connectivity index (χ1) is 9.71. The molecule has 4 amide bonds. The number of urea groups is 1. The molecule has 1 aromatic rings. The van der Waals surface area contributed by atoms with Crippen molar-refractivity contribution in [3.05, 3.63) is 28.8 Å². The number of nitrogens with zero attached hydrogens (tertiary/aromatic N) is 1. The third-order valence-corrected chi connectivity index (χ3v) is 3.86. The van der Waals surface area contributed by atoms with E-state index in [1.807, 2.05) is 6.92 Å². The van der Waals surface area contributed by atoms with E-state index in [0.29, 0.717) is 10.7 Å². The van der Waals surface area contributed by atoms with E-state index in [1.165, 1.54) is 4.90 Å². The molecule has 0 saturated carbocycles. The molecule has 0 radical (unpaired) electrons. The highest BCUT2D eigenvalue weighted by Crippen LogP contribution is 2.23. The minimum atomic E-state index is -1.10.